The third kappa shape index (κ3) is 4.15. The highest BCUT2D eigenvalue weighted by Gasteiger charge is 2.17. The van der Waals surface area contributed by atoms with E-state index in [-0.39, 0.29) is 18.5 Å². The molecule has 3 N–H and O–H groups in total. The molecule has 1 unspecified atom stereocenters. The van der Waals surface area contributed by atoms with Crippen LogP contribution in [0.15, 0.2) is 24.3 Å². The van der Waals surface area contributed by atoms with E-state index in [1.165, 1.54) is 5.56 Å². The largest absolute Gasteiger partial charge is 0.348 e. The third-order valence-corrected chi connectivity index (χ3v) is 3.05. The van der Waals surface area contributed by atoms with Crippen LogP contribution in [-0.2, 0) is 11.2 Å². The van der Waals surface area contributed by atoms with Gasteiger partial charge in [-0.25, -0.2) is 0 Å². The lowest BCUT2D eigenvalue weighted by Crippen LogP contribution is -2.36. The summed E-state index contributed by atoms with van der Waals surface area (Å²) in [6.45, 7) is 6.41. The molecule has 18 heavy (non-hydrogen) atoms. The SMILES string of the molecule is CCCc1ccc(C(NC(=O)CN)C(C)C)cc1. The Hall–Kier alpha value is -1.35. The third-order valence-electron chi connectivity index (χ3n) is 3.05. The molecular formula is C15H24N2O. The Morgan fingerprint density at radius 2 is 1.89 bits per heavy atom. The first-order chi connectivity index (χ1) is 8.58. The Bertz CT molecular complexity index is 371. The van der Waals surface area contributed by atoms with Crippen molar-refractivity contribution in [3.63, 3.8) is 0 Å². The predicted molar refractivity (Wildman–Crippen MR) is 75.2 cm³/mol. The second-order valence-electron chi connectivity index (χ2n) is 4.98. The van der Waals surface area contributed by atoms with Gasteiger partial charge in [0.25, 0.3) is 0 Å². The normalized spacial score (nSPS) is 12.5. The summed E-state index contributed by atoms with van der Waals surface area (Å²) >= 11 is 0. The molecule has 0 aliphatic carbocycles. The van der Waals surface area contributed by atoms with Crippen molar-refractivity contribution in [2.24, 2.45) is 11.7 Å². The van der Waals surface area contributed by atoms with Crippen LogP contribution in [0, 0.1) is 5.92 Å². The molecule has 1 aromatic rings. The molecule has 1 atom stereocenters. The van der Waals surface area contributed by atoms with Crippen molar-refractivity contribution in [1.82, 2.24) is 5.32 Å². The zero-order chi connectivity index (χ0) is 13.5. The topological polar surface area (TPSA) is 55.1 Å². The quantitative estimate of drug-likeness (QED) is 0.812. The van der Waals surface area contributed by atoms with Crippen LogP contribution in [-0.4, -0.2) is 12.5 Å². The summed E-state index contributed by atoms with van der Waals surface area (Å²) in [7, 11) is 0. The van der Waals surface area contributed by atoms with Crippen molar-refractivity contribution < 1.29 is 4.79 Å². The second kappa shape index (κ2) is 7.17. The lowest BCUT2D eigenvalue weighted by molar-refractivity contribution is -0.120. The summed E-state index contributed by atoms with van der Waals surface area (Å²) in [5, 5.41) is 2.97. The van der Waals surface area contributed by atoms with E-state index in [4.69, 9.17) is 5.73 Å². The molecular weight excluding hydrogens is 224 g/mol. The summed E-state index contributed by atoms with van der Waals surface area (Å²) in [5.41, 5.74) is 7.84. The van der Waals surface area contributed by atoms with Gasteiger partial charge in [-0.1, -0.05) is 51.5 Å². The number of aryl methyl sites for hydroxylation is 1. The Kier molecular flexibility index (Phi) is 5.86. The highest BCUT2D eigenvalue weighted by molar-refractivity contribution is 5.78. The molecule has 0 aromatic heterocycles. The molecule has 0 aliphatic rings. The molecule has 3 nitrogen and oxygen atoms in total. The van der Waals surface area contributed by atoms with E-state index in [9.17, 15) is 4.79 Å². The number of carbonyl (C=O) groups excluding carboxylic acids is 1. The highest BCUT2D eigenvalue weighted by atomic mass is 16.1. The lowest BCUT2D eigenvalue weighted by atomic mass is 9.94. The molecule has 0 saturated heterocycles. The van der Waals surface area contributed by atoms with Gasteiger partial charge in [0.15, 0.2) is 0 Å². The van der Waals surface area contributed by atoms with Crippen molar-refractivity contribution in [3.05, 3.63) is 35.4 Å². The fourth-order valence-electron chi connectivity index (χ4n) is 2.05. The Morgan fingerprint density at radius 3 is 2.33 bits per heavy atom. The van der Waals surface area contributed by atoms with Crippen molar-refractivity contribution in [3.8, 4) is 0 Å². The molecule has 0 fully saturated rings. The number of hydrogen-bond acceptors (Lipinski definition) is 2. The minimum Gasteiger partial charge on any atom is -0.348 e. The van der Waals surface area contributed by atoms with Crippen LogP contribution in [0.4, 0.5) is 0 Å². The van der Waals surface area contributed by atoms with Gasteiger partial charge in [-0.05, 0) is 23.5 Å². The summed E-state index contributed by atoms with van der Waals surface area (Å²) in [6, 6.07) is 8.53. The van der Waals surface area contributed by atoms with E-state index in [1.807, 2.05) is 0 Å². The van der Waals surface area contributed by atoms with Crippen LogP contribution in [0.25, 0.3) is 0 Å². The van der Waals surface area contributed by atoms with Crippen LogP contribution in [0.5, 0.6) is 0 Å². The fourth-order valence-corrected chi connectivity index (χ4v) is 2.05. The van der Waals surface area contributed by atoms with Gasteiger partial charge in [-0.3, -0.25) is 4.79 Å². The maximum atomic E-state index is 11.4. The number of carbonyl (C=O) groups is 1. The highest BCUT2D eigenvalue weighted by Crippen LogP contribution is 2.22. The van der Waals surface area contributed by atoms with E-state index in [0.717, 1.165) is 18.4 Å². The molecule has 0 spiro atoms. The average molecular weight is 248 g/mol. The van der Waals surface area contributed by atoms with Crippen LogP contribution in [0.3, 0.4) is 0 Å². The summed E-state index contributed by atoms with van der Waals surface area (Å²) < 4.78 is 0. The van der Waals surface area contributed by atoms with Gasteiger partial charge < -0.3 is 11.1 Å². The van der Waals surface area contributed by atoms with Gasteiger partial charge in [-0.15, -0.1) is 0 Å². The van der Waals surface area contributed by atoms with E-state index < -0.39 is 0 Å². The summed E-state index contributed by atoms with van der Waals surface area (Å²) in [4.78, 5) is 11.4. The molecule has 0 saturated carbocycles. The summed E-state index contributed by atoms with van der Waals surface area (Å²) in [6.07, 6.45) is 2.25. The van der Waals surface area contributed by atoms with Gasteiger partial charge >= 0.3 is 0 Å². The van der Waals surface area contributed by atoms with Crippen molar-refractivity contribution in [2.45, 2.75) is 39.7 Å². The molecule has 0 aliphatic heterocycles. The first kappa shape index (κ1) is 14.7. The number of nitrogens with two attached hydrogens (primary N) is 1. The van der Waals surface area contributed by atoms with Gasteiger partial charge in [-0.2, -0.15) is 0 Å². The molecule has 0 bridgehead atoms. The number of nitrogens with one attached hydrogen (secondary N) is 1. The molecule has 1 rings (SSSR count). The lowest BCUT2D eigenvalue weighted by Gasteiger charge is -2.23. The molecule has 0 heterocycles. The Balaban J connectivity index is 2.82. The zero-order valence-electron chi connectivity index (χ0n) is 11.6. The number of benzene rings is 1. The number of rotatable bonds is 6. The van der Waals surface area contributed by atoms with E-state index in [1.54, 1.807) is 0 Å². The van der Waals surface area contributed by atoms with Crippen molar-refractivity contribution in [2.75, 3.05) is 6.54 Å². The van der Waals surface area contributed by atoms with Gasteiger partial charge in [0.05, 0.1) is 12.6 Å². The average Bonchev–Trinajstić information content (AvgIpc) is 2.37. The molecule has 3 heteroatoms. The number of amides is 1. The standard InChI is InChI=1S/C15H24N2O/c1-4-5-12-6-8-13(9-7-12)15(11(2)3)17-14(18)10-16/h6-9,11,15H,4-5,10,16H2,1-3H3,(H,17,18). The number of hydrogen-bond donors (Lipinski definition) is 2. The first-order valence-corrected chi connectivity index (χ1v) is 6.66. The minimum atomic E-state index is -0.105. The molecule has 100 valence electrons. The smallest absolute Gasteiger partial charge is 0.234 e. The van der Waals surface area contributed by atoms with Crippen LogP contribution >= 0.6 is 0 Å². The van der Waals surface area contributed by atoms with E-state index in [0.29, 0.717) is 5.92 Å². The first-order valence-electron chi connectivity index (χ1n) is 6.66. The maximum absolute atomic E-state index is 11.4. The van der Waals surface area contributed by atoms with Crippen LogP contribution in [0.2, 0.25) is 0 Å². The van der Waals surface area contributed by atoms with E-state index in [2.05, 4.69) is 50.4 Å². The Labute approximate surface area is 110 Å². The monoisotopic (exact) mass is 248 g/mol. The molecule has 1 aromatic carbocycles. The second-order valence-corrected chi connectivity index (χ2v) is 4.98. The fraction of sp³-hybridized carbons (Fsp3) is 0.533. The summed E-state index contributed by atoms with van der Waals surface area (Å²) in [5.74, 6) is 0.240. The van der Waals surface area contributed by atoms with Crippen LogP contribution in [0.1, 0.15) is 44.4 Å². The van der Waals surface area contributed by atoms with E-state index >= 15 is 0 Å². The molecule has 0 radical (unpaired) electrons. The maximum Gasteiger partial charge on any atom is 0.234 e. The van der Waals surface area contributed by atoms with Gasteiger partial charge in [0.2, 0.25) is 5.91 Å². The zero-order valence-corrected chi connectivity index (χ0v) is 11.6. The Morgan fingerprint density at radius 1 is 1.28 bits per heavy atom. The molecule has 1 amide bonds. The van der Waals surface area contributed by atoms with Gasteiger partial charge in [0.1, 0.15) is 0 Å². The van der Waals surface area contributed by atoms with Crippen molar-refractivity contribution >= 4 is 5.91 Å². The van der Waals surface area contributed by atoms with Crippen molar-refractivity contribution in [1.29, 1.82) is 0 Å². The van der Waals surface area contributed by atoms with Crippen LogP contribution < -0.4 is 11.1 Å². The van der Waals surface area contributed by atoms with Gasteiger partial charge in [0, 0.05) is 0 Å². The minimum absolute atomic E-state index is 0.0386. The predicted octanol–water partition coefficient (Wildman–Crippen LogP) is 2.41.